The van der Waals surface area contributed by atoms with E-state index in [9.17, 15) is 13.2 Å². The number of ether oxygens (including phenoxy) is 1. The second-order valence-corrected chi connectivity index (χ2v) is 9.28. The van der Waals surface area contributed by atoms with Crippen molar-refractivity contribution in [2.45, 2.75) is 44.6 Å². The standard InChI is InChI=1S/C23H24ClF3N10O/c1-14(11-36-13-31-34-35-36)38-20-8-15(2-3-18(20)24)16-9-29-22(30-10-16)32-19-12-37(17-4-6-28-7-5-17)33-21(19)23(25,26)27/h2-3,8-10,12-14,17,28H,4-7,11H2,1H3,(H,29,30,32)/t14-/m0/s1. The molecule has 4 aromatic rings. The fourth-order valence-electron chi connectivity index (χ4n) is 4.17. The van der Waals surface area contributed by atoms with Crippen LogP contribution >= 0.6 is 11.6 Å². The van der Waals surface area contributed by atoms with Crippen LogP contribution in [0, 0.1) is 0 Å². The number of anilines is 2. The minimum Gasteiger partial charge on any atom is -0.487 e. The molecule has 3 aromatic heterocycles. The van der Waals surface area contributed by atoms with E-state index in [1.807, 2.05) is 6.92 Å². The van der Waals surface area contributed by atoms with Gasteiger partial charge in [0.05, 0.1) is 23.3 Å². The van der Waals surface area contributed by atoms with Gasteiger partial charge in [0.15, 0.2) is 5.69 Å². The van der Waals surface area contributed by atoms with Crippen molar-refractivity contribution in [1.82, 2.24) is 45.3 Å². The summed E-state index contributed by atoms with van der Waals surface area (Å²) in [4.78, 5) is 8.44. The minimum absolute atomic E-state index is 0.0182. The molecule has 2 N–H and O–H groups in total. The zero-order valence-electron chi connectivity index (χ0n) is 20.2. The molecule has 200 valence electrons. The lowest BCUT2D eigenvalue weighted by Gasteiger charge is -2.22. The van der Waals surface area contributed by atoms with Crippen LogP contribution in [0.2, 0.25) is 5.02 Å². The molecule has 1 aliphatic heterocycles. The molecule has 0 spiro atoms. The Morgan fingerprint density at radius 3 is 2.63 bits per heavy atom. The number of nitrogens with zero attached hydrogens (tertiary/aromatic N) is 8. The van der Waals surface area contributed by atoms with Crippen molar-refractivity contribution in [3.8, 4) is 16.9 Å². The number of hydrogen-bond acceptors (Lipinski definition) is 9. The number of aromatic nitrogens is 8. The zero-order chi connectivity index (χ0) is 26.7. The Balaban J connectivity index is 1.31. The lowest BCUT2D eigenvalue weighted by atomic mass is 10.1. The summed E-state index contributed by atoms with van der Waals surface area (Å²) in [6, 6.07) is 5.10. The van der Waals surface area contributed by atoms with Crippen LogP contribution in [-0.2, 0) is 12.7 Å². The summed E-state index contributed by atoms with van der Waals surface area (Å²) in [5.74, 6) is 0.469. The van der Waals surface area contributed by atoms with Gasteiger partial charge in [0.25, 0.3) is 0 Å². The highest BCUT2D eigenvalue weighted by atomic mass is 35.5. The lowest BCUT2D eigenvalue weighted by molar-refractivity contribution is -0.141. The molecule has 1 aromatic carbocycles. The quantitative estimate of drug-likeness (QED) is 0.335. The van der Waals surface area contributed by atoms with Crippen LogP contribution in [0.1, 0.15) is 31.5 Å². The summed E-state index contributed by atoms with van der Waals surface area (Å²) in [5, 5.41) is 21.1. The van der Waals surface area contributed by atoms with E-state index in [1.165, 1.54) is 29.6 Å². The van der Waals surface area contributed by atoms with Crippen molar-refractivity contribution >= 4 is 23.2 Å². The molecule has 1 saturated heterocycles. The molecule has 15 heteroatoms. The molecular weight excluding hydrogens is 525 g/mol. The van der Waals surface area contributed by atoms with E-state index < -0.39 is 11.9 Å². The largest absolute Gasteiger partial charge is 0.487 e. The van der Waals surface area contributed by atoms with Gasteiger partial charge in [0.1, 0.15) is 18.2 Å². The first-order chi connectivity index (χ1) is 18.3. The predicted molar refractivity (Wildman–Crippen MR) is 132 cm³/mol. The maximum Gasteiger partial charge on any atom is 0.437 e. The maximum atomic E-state index is 13.7. The molecule has 1 fully saturated rings. The van der Waals surface area contributed by atoms with Crippen molar-refractivity contribution in [3.63, 3.8) is 0 Å². The van der Waals surface area contributed by atoms with Gasteiger partial charge in [-0.15, -0.1) is 5.10 Å². The first kappa shape index (κ1) is 25.9. The summed E-state index contributed by atoms with van der Waals surface area (Å²) in [6.45, 7) is 3.74. The van der Waals surface area contributed by atoms with Crippen molar-refractivity contribution in [2.24, 2.45) is 0 Å². The van der Waals surface area contributed by atoms with Gasteiger partial charge in [-0.1, -0.05) is 17.7 Å². The number of nitrogens with one attached hydrogen (secondary N) is 2. The molecule has 0 saturated carbocycles. The highest BCUT2D eigenvalue weighted by molar-refractivity contribution is 6.32. The molecule has 38 heavy (non-hydrogen) atoms. The second kappa shape index (κ2) is 10.9. The molecule has 11 nitrogen and oxygen atoms in total. The van der Waals surface area contributed by atoms with E-state index in [1.54, 1.807) is 22.9 Å². The average Bonchev–Trinajstić information content (AvgIpc) is 3.56. The van der Waals surface area contributed by atoms with E-state index in [0.29, 0.717) is 35.7 Å². The lowest BCUT2D eigenvalue weighted by Crippen LogP contribution is -2.29. The van der Waals surface area contributed by atoms with E-state index >= 15 is 0 Å². The Morgan fingerprint density at radius 2 is 1.95 bits per heavy atom. The van der Waals surface area contributed by atoms with Crippen LogP contribution in [0.3, 0.4) is 0 Å². The third kappa shape index (κ3) is 6.02. The summed E-state index contributed by atoms with van der Waals surface area (Å²) >= 11 is 6.32. The Morgan fingerprint density at radius 1 is 1.18 bits per heavy atom. The third-order valence-corrected chi connectivity index (χ3v) is 6.32. The second-order valence-electron chi connectivity index (χ2n) is 8.88. The molecule has 0 aliphatic carbocycles. The highest BCUT2D eigenvalue weighted by Crippen LogP contribution is 2.36. The minimum atomic E-state index is -4.62. The molecule has 0 bridgehead atoms. The van der Waals surface area contributed by atoms with Crippen LogP contribution in [0.15, 0.2) is 43.1 Å². The van der Waals surface area contributed by atoms with Gasteiger partial charge in [0.2, 0.25) is 5.95 Å². The summed E-state index contributed by atoms with van der Waals surface area (Å²) in [6.07, 6.45) is 2.38. The molecule has 5 rings (SSSR count). The van der Waals surface area contributed by atoms with Gasteiger partial charge in [-0.05, 0) is 61.0 Å². The summed E-state index contributed by atoms with van der Waals surface area (Å²) in [5.41, 5.74) is 0.161. The zero-order valence-corrected chi connectivity index (χ0v) is 21.0. The van der Waals surface area contributed by atoms with Gasteiger partial charge in [0, 0.05) is 24.2 Å². The number of hydrogen-bond donors (Lipinski definition) is 2. The maximum absolute atomic E-state index is 13.7. The fraction of sp³-hybridized carbons (Fsp3) is 0.391. The molecule has 0 unspecified atom stereocenters. The van der Waals surface area contributed by atoms with Crippen LogP contribution in [0.5, 0.6) is 5.75 Å². The van der Waals surface area contributed by atoms with E-state index in [4.69, 9.17) is 16.3 Å². The Hall–Kier alpha value is -3.78. The van der Waals surface area contributed by atoms with Gasteiger partial charge in [-0.3, -0.25) is 4.68 Å². The fourth-order valence-corrected chi connectivity index (χ4v) is 4.33. The first-order valence-electron chi connectivity index (χ1n) is 11.9. The van der Waals surface area contributed by atoms with Crippen LogP contribution in [-0.4, -0.2) is 59.1 Å². The Bertz CT molecular complexity index is 1360. The number of piperidine rings is 1. The van der Waals surface area contributed by atoms with Gasteiger partial charge in [-0.25, -0.2) is 14.6 Å². The van der Waals surface area contributed by atoms with Crippen molar-refractivity contribution < 1.29 is 17.9 Å². The third-order valence-electron chi connectivity index (χ3n) is 6.01. The Labute approximate surface area is 220 Å². The summed E-state index contributed by atoms with van der Waals surface area (Å²) in [7, 11) is 0. The van der Waals surface area contributed by atoms with Gasteiger partial charge in [-0.2, -0.15) is 18.3 Å². The van der Waals surface area contributed by atoms with Crippen molar-refractivity contribution in [2.75, 3.05) is 18.4 Å². The molecule has 1 atom stereocenters. The van der Waals surface area contributed by atoms with Crippen LogP contribution in [0.25, 0.3) is 11.1 Å². The molecular formula is C23H24ClF3N10O. The van der Waals surface area contributed by atoms with E-state index in [2.05, 4.69) is 41.2 Å². The van der Waals surface area contributed by atoms with E-state index in [0.717, 1.165) is 18.7 Å². The molecule has 1 aliphatic rings. The highest BCUT2D eigenvalue weighted by Gasteiger charge is 2.38. The number of alkyl halides is 3. The predicted octanol–water partition coefficient (Wildman–Crippen LogP) is 4.13. The molecule has 0 radical (unpaired) electrons. The summed E-state index contributed by atoms with van der Waals surface area (Å²) < 4.78 is 49.9. The van der Waals surface area contributed by atoms with E-state index in [-0.39, 0.29) is 23.8 Å². The van der Waals surface area contributed by atoms with Crippen LogP contribution in [0.4, 0.5) is 24.8 Å². The first-order valence-corrected chi connectivity index (χ1v) is 12.3. The number of halogens is 4. The van der Waals surface area contributed by atoms with Crippen LogP contribution < -0.4 is 15.4 Å². The molecule has 0 amide bonds. The van der Waals surface area contributed by atoms with Gasteiger partial charge >= 0.3 is 6.18 Å². The number of benzene rings is 1. The monoisotopic (exact) mass is 548 g/mol. The average molecular weight is 549 g/mol. The molecule has 4 heterocycles. The van der Waals surface area contributed by atoms with Crippen molar-refractivity contribution in [3.05, 3.63) is 53.8 Å². The number of rotatable bonds is 8. The van der Waals surface area contributed by atoms with Gasteiger partial charge < -0.3 is 15.4 Å². The Kier molecular flexibility index (Phi) is 7.42. The number of tetrazole rings is 1. The normalized spacial score (nSPS) is 15.4. The van der Waals surface area contributed by atoms with Crippen molar-refractivity contribution in [1.29, 1.82) is 0 Å². The topological polar surface area (TPSA) is 120 Å². The smallest absolute Gasteiger partial charge is 0.437 e. The SMILES string of the molecule is C[C@@H](Cn1cnnn1)Oc1cc(-c2cnc(Nc3cn(C4CCNCC4)nc3C(F)(F)F)nc2)ccc1Cl.